The first kappa shape index (κ1) is 14.6. The molecule has 9 nitrogen and oxygen atoms in total. The van der Waals surface area contributed by atoms with Crippen molar-refractivity contribution in [1.29, 1.82) is 0 Å². The number of carbonyl (C=O) groups excluding carboxylic acids is 2. The van der Waals surface area contributed by atoms with Gasteiger partial charge in [-0.05, 0) is 41.1 Å². The molecule has 0 saturated heterocycles. The highest BCUT2D eigenvalue weighted by Gasteiger charge is 2.16. The first-order chi connectivity index (χ1) is 9.97. The Bertz CT molecular complexity index is 654. The average molecular weight is 289 g/mol. The molecule has 2 rings (SSSR count). The largest absolute Gasteiger partial charge is 0.370 e. The second-order valence-corrected chi connectivity index (χ2v) is 4.52. The maximum atomic E-state index is 11.8. The van der Waals surface area contributed by atoms with Gasteiger partial charge in [-0.1, -0.05) is 0 Å². The van der Waals surface area contributed by atoms with Gasteiger partial charge in [-0.15, -0.1) is 5.10 Å². The van der Waals surface area contributed by atoms with Gasteiger partial charge in [-0.25, -0.2) is 4.68 Å². The number of amides is 2. The molecule has 1 unspecified atom stereocenters. The van der Waals surface area contributed by atoms with Crippen molar-refractivity contribution in [3.8, 4) is 5.69 Å². The van der Waals surface area contributed by atoms with Crippen molar-refractivity contribution in [2.45, 2.75) is 19.4 Å². The molecule has 2 aromatic rings. The summed E-state index contributed by atoms with van der Waals surface area (Å²) in [7, 11) is 0. The Kier molecular flexibility index (Phi) is 4.24. The van der Waals surface area contributed by atoms with E-state index in [1.165, 1.54) is 11.0 Å². The van der Waals surface area contributed by atoms with E-state index in [0.29, 0.717) is 5.69 Å². The van der Waals surface area contributed by atoms with E-state index in [1.54, 1.807) is 18.2 Å². The molecule has 0 aliphatic heterocycles. The van der Waals surface area contributed by atoms with Gasteiger partial charge in [-0.3, -0.25) is 9.59 Å². The van der Waals surface area contributed by atoms with E-state index in [2.05, 4.69) is 20.8 Å². The number of primary amides is 1. The van der Waals surface area contributed by atoms with E-state index in [4.69, 9.17) is 11.5 Å². The normalized spacial score (nSPS) is 11.9. The fourth-order valence-corrected chi connectivity index (χ4v) is 1.81. The summed E-state index contributed by atoms with van der Waals surface area (Å²) in [6, 6.07) is 4.24. The lowest BCUT2D eigenvalue weighted by atomic mass is 10.1. The lowest BCUT2D eigenvalue weighted by Crippen LogP contribution is -2.39. The second-order valence-electron chi connectivity index (χ2n) is 4.52. The summed E-state index contributed by atoms with van der Waals surface area (Å²) in [5.74, 6) is -1.09. The quantitative estimate of drug-likeness (QED) is 0.652. The molecule has 0 radical (unpaired) electrons. The number of hydrogen-bond donors (Lipinski definition) is 3. The van der Waals surface area contributed by atoms with Crippen LogP contribution in [-0.4, -0.2) is 38.1 Å². The lowest BCUT2D eigenvalue weighted by molar-refractivity contribution is -0.123. The number of carbonyl (C=O) groups is 2. The number of aromatic nitrogens is 4. The summed E-state index contributed by atoms with van der Waals surface area (Å²) in [5.41, 5.74) is 12.8. The molecule has 110 valence electrons. The number of nitrogens with zero attached hydrogens (tertiary/aromatic N) is 4. The van der Waals surface area contributed by atoms with Crippen molar-refractivity contribution in [3.05, 3.63) is 30.1 Å². The molecule has 0 spiro atoms. The number of tetrazole rings is 1. The number of hydrogen-bond acceptors (Lipinski definition) is 6. The van der Waals surface area contributed by atoms with E-state index in [1.807, 2.05) is 6.92 Å². The van der Waals surface area contributed by atoms with E-state index in [9.17, 15) is 9.59 Å². The van der Waals surface area contributed by atoms with Crippen LogP contribution in [0.2, 0.25) is 0 Å². The lowest BCUT2D eigenvalue weighted by Gasteiger charge is -2.12. The fraction of sp³-hybridized carbons (Fsp3) is 0.250. The van der Waals surface area contributed by atoms with Gasteiger partial charge in [-0.2, -0.15) is 0 Å². The molecular weight excluding hydrogens is 274 g/mol. The number of benzene rings is 1. The summed E-state index contributed by atoms with van der Waals surface area (Å²) < 4.78 is 1.51. The summed E-state index contributed by atoms with van der Waals surface area (Å²) in [4.78, 5) is 22.5. The standard InChI is InChI=1S/C12H15N7O2/c1-7-4-8(16-12(21)9(13)5-11(14)20)2-3-10(7)19-6-15-17-18-19/h2-4,6,9H,5,13H2,1H3,(H2,14,20)(H,16,21). The molecule has 21 heavy (non-hydrogen) atoms. The highest BCUT2D eigenvalue weighted by molar-refractivity contribution is 5.97. The zero-order valence-corrected chi connectivity index (χ0v) is 11.4. The van der Waals surface area contributed by atoms with Crippen LogP contribution in [0.3, 0.4) is 0 Å². The molecule has 0 saturated carbocycles. The summed E-state index contributed by atoms with van der Waals surface area (Å²) >= 11 is 0. The fourth-order valence-electron chi connectivity index (χ4n) is 1.81. The predicted octanol–water partition coefficient (Wildman–Crippen LogP) is -0.888. The molecule has 0 aliphatic carbocycles. The van der Waals surface area contributed by atoms with Crippen LogP contribution in [0.25, 0.3) is 5.69 Å². The van der Waals surface area contributed by atoms with E-state index >= 15 is 0 Å². The zero-order chi connectivity index (χ0) is 15.4. The van der Waals surface area contributed by atoms with Crippen molar-refractivity contribution < 1.29 is 9.59 Å². The number of rotatable bonds is 5. The highest BCUT2D eigenvalue weighted by Crippen LogP contribution is 2.18. The summed E-state index contributed by atoms with van der Waals surface area (Å²) in [5, 5.41) is 13.6. The number of nitrogens with one attached hydrogen (secondary N) is 1. The minimum Gasteiger partial charge on any atom is -0.370 e. The van der Waals surface area contributed by atoms with Gasteiger partial charge in [0.05, 0.1) is 18.2 Å². The zero-order valence-electron chi connectivity index (χ0n) is 11.4. The molecule has 1 aromatic carbocycles. The first-order valence-corrected chi connectivity index (χ1v) is 6.16. The van der Waals surface area contributed by atoms with E-state index < -0.39 is 17.9 Å². The molecule has 1 atom stereocenters. The SMILES string of the molecule is Cc1cc(NC(=O)C(N)CC(N)=O)ccc1-n1cnnn1. The molecular formula is C12H15N7O2. The van der Waals surface area contributed by atoms with Crippen LogP contribution in [0, 0.1) is 6.92 Å². The minimum absolute atomic E-state index is 0.201. The van der Waals surface area contributed by atoms with Crippen LogP contribution >= 0.6 is 0 Å². The smallest absolute Gasteiger partial charge is 0.241 e. The Labute approximate surface area is 120 Å². The van der Waals surface area contributed by atoms with Gasteiger partial charge in [0.1, 0.15) is 6.33 Å². The Morgan fingerprint density at radius 1 is 1.43 bits per heavy atom. The minimum atomic E-state index is -0.970. The van der Waals surface area contributed by atoms with Gasteiger partial charge >= 0.3 is 0 Å². The number of anilines is 1. The molecule has 0 aliphatic rings. The molecule has 9 heteroatoms. The van der Waals surface area contributed by atoms with Crippen molar-refractivity contribution in [3.63, 3.8) is 0 Å². The van der Waals surface area contributed by atoms with Gasteiger partial charge < -0.3 is 16.8 Å². The van der Waals surface area contributed by atoms with Crippen LogP contribution in [0.4, 0.5) is 5.69 Å². The van der Waals surface area contributed by atoms with E-state index in [0.717, 1.165) is 11.3 Å². The van der Waals surface area contributed by atoms with Crippen LogP contribution in [0.15, 0.2) is 24.5 Å². The van der Waals surface area contributed by atoms with Gasteiger partial charge in [0.2, 0.25) is 11.8 Å². The van der Waals surface area contributed by atoms with Gasteiger partial charge in [0.25, 0.3) is 0 Å². The Morgan fingerprint density at radius 3 is 2.76 bits per heavy atom. The van der Waals surface area contributed by atoms with Gasteiger partial charge in [0, 0.05) is 5.69 Å². The highest BCUT2D eigenvalue weighted by atomic mass is 16.2. The Hall–Kier alpha value is -2.81. The van der Waals surface area contributed by atoms with Crippen molar-refractivity contribution in [2.75, 3.05) is 5.32 Å². The predicted molar refractivity (Wildman–Crippen MR) is 74.3 cm³/mol. The average Bonchev–Trinajstić information content (AvgIpc) is 2.91. The molecule has 5 N–H and O–H groups in total. The van der Waals surface area contributed by atoms with Crippen LogP contribution < -0.4 is 16.8 Å². The van der Waals surface area contributed by atoms with Crippen LogP contribution in [0.1, 0.15) is 12.0 Å². The summed E-state index contributed by atoms with van der Waals surface area (Å²) in [6.45, 7) is 1.86. The molecule has 0 fully saturated rings. The van der Waals surface area contributed by atoms with Crippen molar-refractivity contribution in [2.24, 2.45) is 11.5 Å². The third-order valence-corrected chi connectivity index (χ3v) is 2.82. The second kappa shape index (κ2) is 6.09. The maximum absolute atomic E-state index is 11.8. The van der Waals surface area contributed by atoms with Gasteiger partial charge in [0.15, 0.2) is 0 Å². The van der Waals surface area contributed by atoms with Crippen LogP contribution in [0.5, 0.6) is 0 Å². The number of nitrogens with two attached hydrogens (primary N) is 2. The molecule has 0 bridgehead atoms. The first-order valence-electron chi connectivity index (χ1n) is 6.16. The molecule has 1 aromatic heterocycles. The Balaban J connectivity index is 2.10. The topological polar surface area (TPSA) is 142 Å². The Morgan fingerprint density at radius 2 is 2.19 bits per heavy atom. The van der Waals surface area contributed by atoms with Crippen molar-refractivity contribution in [1.82, 2.24) is 20.2 Å². The maximum Gasteiger partial charge on any atom is 0.241 e. The van der Waals surface area contributed by atoms with Crippen LogP contribution in [-0.2, 0) is 9.59 Å². The monoisotopic (exact) mass is 289 g/mol. The third-order valence-electron chi connectivity index (χ3n) is 2.82. The third kappa shape index (κ3) is 3.60. The van der Waals surface area contributed by atoms with E-state index in [-0.39, 0.29) is 6.42 Å². The van der Waals surface area contributed by atoms with Crippen molar-refractivity contribution >= 4 is 17.5 Å². The number of aryl methyl sites for hydroxylation is 1. The molecule has 1 heterocycles. The molecule has 2 amide bonds. The summed E-state index contributed by atoms with van der Waals surface area (Å²) in [6.07, 6.45) is 1.27.